The molecular formula is C11H17NO5. The molecule has 6 heteroatoms. The largest absolute Gasteiger partial charge is 0.461 e. The van der Waals surface area contributed by atoms with E-state index in [4.69, 9.17) is 0 Å². The highest BCUT2D eigenvalue weighted by molar-refractivity contribution is 6.02. The summed E-state index contributed by atoms with van der Waals surface area (Å²) in [5.41, 5.74) is 0. The van der Waals surface area contributed by atoms with Gasteiger partial charge in [0.25, 0.3) is 0 Å². The van der Waals surface area contributed by atoms with E-state index in [1.165, 1.54) is 0 Å². The molecule has 96 valence electrons. The molecule has 1 saturated carbocycles. The molecule has 0 aliphatic heterocycles. The van der Waals surface area contributed by atoms with E-state index in [0.29, 0.717) is 12.8 Å². The van der Waals surface area contributed by atoms with Gasteiger partial charge in [-0.2, -0.15) is 0 Å². The maximum absolute atomic E-state index is 11.9. The van der Waals surface area contributed by atoms with Gasteiger partial charge in [0.15, 0.2) is 0 Å². The average molecular weight is 243 g/mol. The number of hydrogen-bond acceptors (Lipinski definition) is 5. The Balaban J connectivity index is 2.72. The van der Waals surface area contributed by atoms with Crippen molar-refractivity contribution in [2.24, 2.45) is 5.92 Å². The summed E-state index contributed by atoms with van der Waals surface area (Å²) in [5, 5.41) is 10.8. The van der Waals surface area contributed by atoms with Crippen LogP contribution < -0.4 is 0 Å². The molecule has 0 aromatic heterocycles. The summed E-state index contributed by atoms with van der Waals surface area (Å²) in [7, 11) is 0. The third-order valence-corrected chi connectivity index (χ3v) is 3.00. The molecule has 17 heavy (non-hydrogen) atoms. The lowest BCUT2D eigenvalue weighted by Gasteiger charge is -2.20. The molecule has 0 aromatic carbocycles. The van der Waals surface area contributed by atoms with Crippen LogP contribution in [0.1, 0.15) is 39.0 Å². The fraction of sp³-hybridized carbons (Fsp3) is 0.818. The van der Waals surface area contributed by atoms with Gasteiger partial charge in [0.05, 0.1) is 6.61 Å². The Morgan fingerprint density at radius 2 is 1.94 bits per heavy atom. The number of nitrogens with zero attached hydrogens (tertiary/aromatic N) is 1. The number of hydrogen-bond donors (Lipinski definition) is 0. The minimum absolute atomic E-state index is 0.0428. The summed E-state index contributed by atoms with van der Waals surface area (Å²) in [6, 6.07) is -1.84. The van der Waals surface area contributed by atoms with Gasteiger partial charge in [-0.15, -0.1) is 0 Å². The Morgan fingerprint density at radius 1 is 1.35 bits per heavy atom. The van der Waals surface area contributed by atoms with Gasteiger partial charge in [-0.1, -0.05) is 19.3 Å². The van der Waals surface area contributed by atoms with Crippen LogP contribution in [0.4, 0.5) is 0 Å². The Morgan fingerprint density at radius 3 is 2.41 bits per heavy atom. The number of ketones is 1. The average Bonchev–Trinajstić information content (AvgIpc) is 2.30. The van der Waals surface area contributed by atoms with E-state index in [-0.39, 0.29) is 12.5 Å². The van der Waals surface area contributed by atoms with Crippen molar-refractivity contribution in [3.05, 3.63) is 10.1 Å². The van der Waals surface area contributed by atoms with E-state index < -0.39 is 22.7 Å². The topological polar surface area (TPSA) is 86.5 Å². The number of carbonyl (C=O) groups is 2. The highest BCUT2D eigenvalue weighted by Gasteiger charge is 2.43. The number of rotatable bonds is 5. The molecule has 0 radical (unpaired) electrons. The second kappa shape index (κ2) is 6.32. The lowest BCUT2D eigenvalue weighted by Crippen LogP contribution is -2.42. The van der Waals surface area contributed by atoms with E-state index in [9.17, 15) is 19.7 Å². The molecule has 1 aliphatic carbocycles. The molecule has 1 rings (SSSR count). The van der Waals surface area contributed by atoms with Crippen LogP contribution in [0.5, 0.6) is 0 Å². The van der Waals surface area contributed by atoms with E-state index >= 15 is 0 Å². The second-order valence-corrected chi connectivity index (χ2v) is 4.18. The minimum atomic E-state index is -1.84. The molecule has 0 spiro atoms. The lowest BCUT2D eigenvalue weighted by molar-refractivity contribution is -0.497. The second-order valence-electron chi connectivity index (χ2n) is 4.18. The molecule has 6 nitrogen and oxygen atoms in total. The minimum Gasteiger partial charge on any atom is -0.461 e. The molecule has 0 bridgehead atoms. The Bertz CT molecular complexity index is 309. The van der Waals surface area contributed by atoms with Gasteiger partial charge in [0, 0.05) is 10.8 Å². The van der Waals surface area contributed by atoms with Crippen LogP contribution in [0.15, 0.2) is 0 Å². The van der Waals surface area contributed by atoms with Crippen molar-refractivity contribution in [3.63, 3.8) is 0 Å². The quantitative estimate of drug-likeness (QED) is 0.315. The first-order valence-electron chi connectivity index (χ1n) is 5.91. The number of nitro groups is 1. The fourth-order valence-corrected chi connectivity index (χ4v) is 2.14. The monoisotopic (exact) mass is 243 g/mol. The highest BCUT2D eigenvalue weighted by atomic mass is 16.6. The standard InChI is InChI=1S/C11H17NO5/c1-2-17-11(14)9(12(15)16)10(13)8-6-4-3-5-7-8/h8-9H,2-7H2,1H3. The maximum Gasteiger partial charge on any atom is 0.389 e. The van der Waals surface area contributed by atoms with E-state index in [1.807, 2.05) is 0 Å². The molecule has 0 heterocycles. The van der Waals surface area contributed by atoms with Crippen LogP contribution in [0.2, 0.25) is 0 Å². The van der Waals surface area contributed by atoms with Crippen molar-refractivity contribution in [3.8, 4) is 0 Å². The maximum atomic E-state index is 11.9. The molecular weight excluding hydrogens is 226 g/mol. The lowest BCUT2D eigenvalue weighted by atomic mass is 9.84. The van der Waals surface area contributed by atoms with E-state index in [0.717, 1.165) is 19.3 Å². The van der Waals surface area contributed by atoms with Gasteiger partial charge in [-0.3, -0.25) is 14.9 Å². The van der Waals surface area contributed by atoms with Crippen molar-refractivity contribution < 1.29 is 19.2 Å². The number of esters is 1. The first-order chi connectivity index (χ1) is 8.07. The van der Waals surface area contributed by atoms with Crippen LogP contribution in [-0.2, 0) is 14.3 Å². The molecule has 0 saturated heterocycles. The summed E-state index contributed by atoms with van der Waals surface area (Å²) in [6.45, 7) is 1.60. The molecule has 1 aliphatic rings. The first kappa shape index (κ1) is 13.6. The summed E-state index contributed by atoms with van der Waals surface area (Å²) in [4.78, 5) is 33.2. The predicted octanol–water partition coefficient (Wildman–Crippen LogP) is 1.34. The van der Waals surface area contributed by atoms with E-state index in [2.05, 4.69) is 4.74 Å². The van der Waals surface area contributed by atoms with Crippen molar-refractivity contribution in [2.75, 3.05) is 6.61 Å². The summed E-state index contributed by atoms with van der Waals surface area (Å²) in [6.07, 6.45) is 4.12. The highest BCUT2D eigenvalue weighted by Crippen LogP contribution is 2.26. The summed E-state index contributed by atoms with van der Waals surface area (Å²) in [5.74, 6) is -1.98. The van der Waals surface area contributed by atoms with Gasteiger partial charge in [-0.25, -0.2) is 4.79 Å². The van der Waals surface area contributed by atoms with Crippen molar-refractivity contribution >= 4 is 11.8 Å². The van der Waals surface area contributed by atoms with Crippen LogP contribution >= 0.6 is 0 Å². The van der Waals surface area contributed by atoms with Crippen LogP contribution in [0.25, 0.3) is 0 Å². The fourth-order valence-electron chi connectivity index (χ4n) is 2.14. The summed E-state index contributed by atoms with van der Waals surface area (Å²) < 4.78 is 4.58. The molecule has 0 N–H and O–H groups in total. The van der Waals surface area contributed by atoms with Crippen LogP contribution in [0.3, 0.4) is 0 Å². The molecule has 0 aromatic rings. The van der Waals surface area contributed by atoms with Gasteiger partial charge in [0.2, 0.25) is 5.78 Å². The first-order valence-corrected chi connectivity index (χ1v) is 5.91. The molecule has 1 unspecified atom stereocenters. The number of ether oxygens (including phenoxy) is 1. The Hall–Kier alpha value is -1.46. The Kier molecular flexibility index (Phi) is 5.06. The molecule has 1 atom stereocenters. The van der Waals surface area contributed by atoms with Crippen molar-refractivity contribution in [2.45, 2.75) is 45.1 Å². The molecule has 1 fully saturated rings. The predicted molar refractivity (Wildman–Crippen MR) is 59.0 cm³/mol. The number of carbonyl (C=O) groups excluding carboxylic acids is 2. The van der Waals surface area contributed by atoms with Crippen molar-refractivity contribution in [1.29, 1.82) is 0 Å². The zero-order valence-corrected chi connectivity index (χ0v) is 9.89. The van der Waals surface area contributed by atoms with Gasteiger partial charge >= 0.3 is 12.0 Å². The Labute approximate surface area is 99.5 Å². The summed E-state index contributed by atoms with van der Waals surface area (Å²) >= 11 is 0. The van der Waals surface area contributed by atoms with E-state index in [1.54, 1.807) is 6.92 Å². The normalized spacial score (nSPS) is 18.4. The smallest absolute Gasteiger partial charge is 0.389 e. The van der Waals surface area contributed by atoms with Gasteiger partial charge in [0.1, 0.15) is 0 Å². The zero-order chi connectivity index (χ0) is 12.8. The zero-order valence-electron chi connectivity index (χ0n) is 9.89. The van der Waals surface area contributed by atoms with Crippen molar-refractivity contribution in [1.82, 2.24) is 0 Å². The SMILES string of the molecule is CCOC(=O)C(C(=O)C1CCCCC1)[N+](=O)[O-]. The number of Topliss-reactive ketones (excluding diaryl/α,β-unsaturated/α-hetero) is 1. The third kappa shape index (κ3) is 3.51. The van der Waals surface area contributed by atoms with Gasteiger partial charge in [-0.05, 0) is 19.8 Å². The molecule has 0 amide bonds. The van der Waals surface area contributed by atoms with Gasteiger partial charge < -0.3 is 4.74 Å². The van der Waals surface area contributed by atoms with Crippen LogP contribution in [0, 0.1) is 16.0 Å². The third-order valence-electron chi connectivity index (χ3n) is 3.00. The van der Waals surface area contributed by atoms with Crippen LogP contribution in [-0.4, -0.2) is 29.3 Å².